The molecule has 0 saturated heterocycles. The Morgan fingerprint density at radius 2 is 1.89 bits per heavy atom. The van der Waals surface area contributed by atoms with Gasteiger partial charge in [0.2, 0.25) is 5.91 Å². The van der Waals surface area contributed by atoms with Crippen LogP contribution in [0.15, 0.2) is 29.4 Å². The number of carbonyl (C=O) groups is 2. The highest BCUT2D eigenvalue weighted by atomic mass is 32.2. The first-order chi connectivity index (χ1) is 18.1. The average Bonchev–Trinajstić information content (AvgIpc) is 3.68. The normalized spacial score (nSPS) is 15.1. The fraction of sp³-hybridized carbons (Fsp3) is 0.481. The van der Waals surface area contributed by atoms with Crippen molar-refractivity contribution in [2.45, 2.75) is 76.6 Å². The standard InChI is InChI=1S/C27H32N4O4S2/c1-3-31-24(17-12-14-19(15-13-17)35-18-8-5-6-9-18)29-30-27(31)36-16-22(32)28-25-23(26(33)34-4-2)20-10-7-11-21(20)37-25/h12-15,18H,3-11,16H2,1-2H3,(H,28,32). The number of rotatable bonds is 10. The van der Waals surface area contributed by atoms with E-state index in [-0.39, 0.29) is 17.6 Å². The van der Waals surface area contributed by atoms with E-state index in [0.717, 1.165) is 54.8 Å². The third-order valence-corrected chi connectivity index (χ3v) is 8.91. The van der Waals surface area contributed by atoms with Gasteiger partial charge in [0, 0.05) is 17.0 Å². The Morgan fingerprint density at radius 1 is 1.11 bits per heavy atom. The molecule has 3 aromatic rings. The number of aryl methyl sites for hydroxylation is 1. The topological polar surface area (TPSA) is 95.3 Å². The Hall–Kier alpha value is -2.85. The predicted molar refractivity (Wildman–Crippen MR) is 146 cm³/mol. The van der Waals surface area contributed by atoms with Gasteiger partial charge in [0.15, 0.2) is 11.0 Å². The molecule has 8 nitrogen and oxygen atoms in total. The van der Waals surface area contributed by atoms with E-state index in [1.807, 2.05) is 35.8 Å². The van der Waals surface area contributed by atoms with Crippen molar-refractivity contribution in [1.82, 2.24) is 14.8 Å². The number of nitrogens with one attached hydrogen (secondary N) is 1. The monoisotopic (exact) mass is 540 g/mol. The van der Waals surface area contributed by atoms with E-state index in [4.69, 9.17) is 9.47 Å². The number of esters is 1. The van der Waals surface area contributed by atoms with Crippen molar-refractivity contribution >= 4 is 40.0 Å². The lowest BCUT2D eigenvalue weighted by molar-refractivity contribution is -0.113. The molecule has 37 heavy (non-hydrogen) atoms. The molecule has 2 aliphatic rings. The lowest BCUT2D eigenvalue weighted by Crippen LogP contribution is -2.17. The molecule has 2 heterocycles. The third kappa shape index (κ3) is 5.70. The van der Waals surface area contributed by atoms with Gasteiger partial charge in [-0.3, -0.25) is 4.79 Å². The number of hydrogen-bond donors (Lipinski definition) is 1. The van der Waals surface area contributed by atoms with Crippen LogP contribution in [-0.4, -0.2) is 45.1 Å². The molecule has 1 N–H and O–H groups in total. The second-order valence-electron chi connectivity index (χ2n) is 9.22. The summed E-state index contributed by atoms with van der Waals surface area (Å²) in [5.74, 6) is 1.26. The van der Waals surface area contributed by atoms with Crippen molar-refractivity contribution in [3.8, 4) is 17.1 Å². The summed E-state index contributed by atoms with van der Waals surface area (Å²) in [6, 6.07) is 7.99. The van der Waals surface area contributed by atoms with Crippen molar-refractivity contribution < 1.29 is 19.1 Å². The van der Waals surface area contributed by atoms with Crippen molar-refractivity contribution in [2.75, 3.05) is 17.7 Å². The first kappa shape index (κ1) is 25.8. The van der Waals surface area contributed by atoms with Gasteiger partial charge in [0.25, 0.3) is 0 Å². The minimum Gasteiger partial charge on any atom is -0.490 e. The van der Waals surface area contributed by atoms with E-state index in [1.54, 1.807) is 6.92 Å². The fourth-order valence-corrected chi connectivity index (χ4v) is 7.08. The molecule has 1 fully saturated rings. The van der Waals surface area contributed by atoms with Crippen LogP contribution in [0.2, 0.25) is 0 Å². The summed E-state index contributed by atoms with van der Waals surface area (Å²) in [5.41, 5.74) is 2.51. The Kier molecular flexibility index (Phi) is 8.14. The molecule has 10 heteroatoms. The molecule has 196 valence electrons. The van der Waals surface area contributed by atoms with Crippen molar-refractivity contribution in [2.24, 2.45) is 0 Å². The summed E-state index contributed by atoms with van der Waals surface area (Å²) in [6.45, 7) is 4.80. The lowest BCUT2D eigenvalue weighted by atomic mass is 10.1. The van der Waals surface area contributed by atoms with Gasteiger partial charge in [0.05, 0.1) is 24.0 Å². The first-order valence-electron chi connectivity index (χ1n) is 13.0. The average molecular weight is 541 g/mol. The summed E-state index contributed by atoms with van der Waals surface area (Å²) < 4.78 is 13.3. The highest BCUT2D eigenvalue weighted by molar-refractivity contribution is 7.99. The molecule has 0 aliphatic heterocycles. The summed E-state index contributed by atoms with van der Waals surface area (Å²) in [4.78, 5) is 26.6. The van der Waals surface area contributed by atoms with E-state index < -0.39 is 0 Å². The van der Waals surface area contributed by atoms with Gasteiger partial charge in [0.1, 0.15) is 10.8 Å². The van der Waals surface area contributed by atoms with Crippen molar-refractivity contribution in [3.05, 3.63) is 40.3 Å². The van der Waals surface area contributed by atoms with E-state index in [1.165, 1.54) is 40.8 Å². The number of thiophene rings is 1. The van der Waals surface area contributed by atoms with Gasteiger partial charge in [-0.05, 0) is 88.6 Å². The van der Waals surface area contributed by atoms with Gasteiger partial charge < -0.3 is 19.4 Å². The molecular formula is C27H32N4O4S2. The molecule has 0 bridgehead atoms. The number of nitrogens with zero attached hydrogens (tertiary/aromatic N) is 3. The van der Waals surface area contributed by atoms with Crippen LogP contribution >= 0.6 is 23.1 Å². The molecule has 1 saturated carbocycles. The summed E-state index contributed by atoms with van der Waals surface area (Å²) in [7, 11) is 0. The number of benzene rings is 1. The second-order valence-corrected chi connectivity index (χ2v) is 11.3. The molecule has 5 rings (SSSR count). The maximum Gasteiger partial charge on any atom is 0.341 e. The Bertz CT molecular complexity index is 1260. The maximum atomic E-state index is 12.9. The zero-order valence-corrected chi connectivity index (χ0v) is 22.9. The predicted octanol–water partition coefficient (Wildman–Crippen LogP) is 5.74. The summed E-state index contributed by atoms with van der Waals surface area (Å²) >= 11 is 2.82. The van der Waals surface area contributed by atoms with Gasteiger partial charge in [-0.2, -0.15) is 0 Å². The van der Waals surface area contributed by atoms with E-state index in [9.17, 15) is 9.59 Å². The number of carbonyl (C=O) groups excluding carboxylic acids is 2. The van der Waals surface area contributed by atoms with Crippen LogP contribution in [0.1, 0.15) is 66.8 Å². The number of amides is 1. The van der Waals surface area contributed by atoms with Gasteiger partial charge in [-0.25, -0.2) is 4.79 Å². The number of anilines is 1. The second kappa shape index (κ2) is 11.7. The van der Waals surface area contributed by atoms with E-state index >= 15 is 0 Å². The molecule has 2 aromatic heterocycles. The highest BCUT2D eigenvalue weighted by Gasteiger charge is 2.28. The van der Waals surface area contributed by atoms with Gasteiger partial charge >= 0.3 is 5.97 Å². The van der Waals surface area contributed by atoms with Crippen LogP contribution in [-0.2, 0) is 28.9 Å². The smallest absolute Gasteiger partial charge is 0.341 e. The van der Waals surface area contributed by atoms with Gasteiger partial charge in [-0.15, -0.1) is 21.5 Å². The van der Waals surface area contributed by atoms with Crippen LogP contribution in [0, 0.1) is 0 Å². The number of hydrogen-bond acceptors (Lipinski definition) is 8. The van der Waals surface area contributed by atoms with Gasteiger partial charge in [-0.1, -0.05) is 11.8 Å². The largest absolute Gasteiger partial charge is 0.490 e. The zero-order chi connectivity index (χ0) is 25.8. The Labute approximate surface area is 225 Å². The molecule has 0 atom stereocenters. The van der Waals surface area contributed by atoms with Crippen molar-refractivity contribution in [1.29, 1.82) is 0 Å². The minimum absolute atomic E-state index is 0.164. The first-order valence-corrected chi connectivity index (χ1v) is 14.8. The van der Waals surface area contributed by atoms with Crippen LogP contribution in [0.25, 0.3) is 11.4 Å². The van der Waals surface area contributed by atoms with E-state index in [2.05, 4.69) is 15.5 Å². The number of fused-ring (bicyclic) bond motifs is 1. The SMILES string of the molecule is CCOC(=O)c1c(NC(=O)CSc2nnc(-c3ccc(OC4CCCC4)cc3)n2CC)sc2c1CCC2. The fourth-order valence-electron chi connectivity index (χ4n) is 4.98. The molecular weight excluding hydrogens is 508 g/mol. The zero-order valence-electron chi connectivity index (χ0n) is 21.2. The summed E-state index contributed by atoms with van der Waals surface area (Å²) in [6.07, 6.45) is 7.86. The molecule has 1 aromatic carbocycles. The lowest BCUT2D eigenvalue weighted by Gasteiger charge is -2.13. The Balaban J connectivity index is 1.24. The maximum absolute atomic E-state index is 12.9. The summed E-state index contributed by atoms with van der Waals surface area (Å²) in [5, 5.41) is 13.0. The quantitative estimate of drug-likeness (QED) is 0.259. The number of thioether (sulfide) groups is 1. The van der Waals surface area contributed by atoms with Crippen molar-refractivity contribution in [3.63, 3.8) is 0 Å². The molecule has 2 aliphatic carbocycles. The van der Waals surface area contributed by atoms with Crippen LogP contribution in [0.5, 0.6) is 5.75 Å². The molecule has 1 amide bonds. The molecule has 0 unspecified atom stereocenters. The number of ether oxygens (including phenoxy) is 2. The number of aromatic nitrogens is 3. The van der Waals surface area contributed by atoms with E-state index in [0.29, 0.717) is 35.0 Å². The third-order valence-electron chi connectivity index (χ3n) is 6.74. The minimum atomic E-state index is -0.361. The van der Waals surface area contributed by atoms with Crippen LogP contribution in [0.3, 0.4) is 0 Å². The molecule has 0 radical (unpaired) electrons. The highest BCUT2D eigenvalue weighted by Crippen LogP contribution is 2.39. The van der Waals surface area contributed by atoms with Crippen LogP contribution in [0.4, 0.5) is 5.00 Å². The Morgan fingerprint density at radius 3 is 2.62 bits per heavy atom. The molecule has 0 spiro atoms. The van der Waals surface area contributed by atoms with Crippen LogP contribution < -0.4 is 10.1 Å².